The van der Waals surface area contributed by atoms with E-state index >= 15 is 0 Å². The number of anilines is 1. The van der Waals surface area contributed by atoms with Crippen molar-refractivity contribution in [2.24, 2.45) is 12.1 Å². The van der Waals surface area contributed by atoms with Gasteiger partial charge in [0.2, 0.25) is 5.95 Å². The Morgan fingerprint density at radius 2 is 1.96 bits per heavy atom. The Bertz CT molecular complexity index is 1120. The van der Waals surface area contributed by atoms with Crippen LogP contribution in [0.1, 0.15) is 33.7 Å². The average Bonchev–Trinajstić information content (AvgIpc) is 3.02. The van der Waals surface area contributed by atoms with Crippen LogP contribution in [0.15, 0.2) is 26.8 Å². The van der Waals surface area contributed by atoms with Crippen LogP contribution in [0.25, 0.3) is 11.2 Å². The van der Waals surface area contributed by atoms with Gasteiger partial charge in [0.1, 0.15) is 6.54 Å². The van der Waals surface area contributed by atoms with Crippen LogP contribution in [0.4, 0.5) is 5.95 Å². The normalized spacial score (nSPS) is 16.1. The Morgan fingerprint density at radius 1 is 1.29 bits per heavy atom. The molecule has 28 heavy (non-hydrogen) atoms. The highest BCUT2D eigenvalue weighted by atomic mass is 16.5. The quantitative estimate of drug-likeness (QED) is 0.554. The number of hydrogen-bond acceptors (Lipinski definition) is 7. The number of imidazole rings is 1. The van der Waals surface area contributed by atoms with Crippen LogP contribution in [-0.4, -0.2) is 43.5 Å². The molecule has 3 heterocycles. The van der Waals surface area contributed by atoms with Crippen molar-refractivity contribution in [3.63, 3.8) is 0 Å². The third-order valence-corrected chi connectivity index (χ3v) is 4.67. The van der Waals surface area contributed by atoms with Crippen molar-refractivity contribution in [2.45, 2.75) is 40.3 Å². The molecule has 0 saturated heterocycles. The summed E-state index contributed by atoms with van der Waals surface area (Å²) in [4.78, 5) is 42.3. The number of hydrogen-bond donors (Lipinski definition) is 0. The smallest absolute Gasteiger partial charge is 0.332 e. The molecule has 0 N–H and O–H groups in total. The molecule has 3 rings (SSSR count). The molecule has 1 aliphatic rings. The van der Waals surface area contributed by atoms with Gasteiger partial charge >= 0.3 is 11.7 Å². The molecule has 0 fully saturated rings. The van der Waals surface area contributed by atoms with Gasteiger partial charge in [-0.25, -0.2) is 9.80 Å². The van der Waals surface area contributed by atoms with Crippen molar-refractivity contribution in [1.82, 2.24) is 18.7 Å². The van der Waals surface area contributed by atoms with Gasteiger partial charge in [0.05, 0.1) is 24.9 Å². The summed E-state index contributed by atoms with van der Waals surface area (Å²) in [6, 6.07) is -0.262. The number of aromatic nitrogens is 4. The van der Waals surface area contributed by atoms with Crippen LogP contribution in [-0.2, 0) is 23.1 Å². The number of esters is 1. The van der Waals surface area contributed by atoms with Gasteiger partial charge < -0.3 is 4.74 Å². The number of nitrogens with zero attached hydrogens (tertiary/aromatic N) is 6. The van der Waals surface area contributed by atoms with Crippen molar-refractivity contribution in [3.8, 4) is 0 Å². The number of rotatable bonds is 5. The molecule has 10 heteroatoms. The number of ether oxygens (including phenoxy) is 1. The van der Waals surface area contributed by atoms with Crippen LogP contribution >= 0.6 is 0 Å². The summed E-state index contributed by atoms with van der Waals surface area (Å²) in [5.74, 6) is -0.137. The van der Waals surface area contributed by atoms with Crippen molar-refractivity contribution < 1.29 is 9.53 Å². The maximum atomic E-state index is 13.2. The molecule has 0 spiro atoms. The standard InChI is InChI=1S/C18H24N6O4/c1-7-28-13(25)9-23-17-19-15-14(24(17)12(5)11(4)20-23)16(26)22(8-10(2)3)18(27)21(15)6/h12H,2,7-9H2,1,3-6H3/t12-/m1/s1. The lowest BCUT2D eigenvalue weighted by atomic mass is 10.2. The Kier molecular flexibility index (Phi) is 4.97. The molecule has 0 bridgehead atoms. The van der Waals surface area contributed by atoms with Crippen LogP contribution in [0.5, 0.6) is 0 Å². The Balaban J connectivity index is 2.29. The molecule has 1 atom stereocenters. The number of carbonyl (C=O) groups is 1. The highest BCUT2D eigenvalue weighted by Crippen LogP contribution is 2.29. The molecule has 0 saturated carbocycles. The SMILES string of the molecule is C=C(C)Cn1c(=O)c2c(nc3n2[C@H](C)C(C)=NN3CC(=O)OCC)n(C)c1=O. The van der Waals surface area contributed by atoms with Gasteiger partial charge in [-0.1, -0.05) is 12.2 Å². The zero-order valence-electron chi connectivity index (χ0n) is 16.7. The summed E-state index contributed by atoms with van der Waals surface area (Å²) in [6.45, 7) is 11.2. The fraction of sp³-hybridized carbons (Fsp3) is 0.500. The Labute approximate surface area is 161 Å². The molecule has 150 valence electrons. The minimum atomic E-state index is -0.474. The van der Waals surface area contributed by atoms with Gasteiger partial charge in [-0.2, -0.15) is 10.1 Å². The molecule has 0 unspecified atom stereocenters. The van der Waals surface area contributed by atoms with E-state index in [9.17, 15) is 14.4 Å². The predicted molar refractivity (Wildman–Crippen MR) is 106 cm³/mol. The molecule has 0 aliphatic carbocycles. The van der Waals surface area contributed by atoms with E-state index in [1.54, 1.807) is 25.5 Å². The monoisotopic (exact) mass is 388 g/mol. The second-order valence-corrected chi connectivity index (χ2v) is 6.92. The number of fused-ring (bicyclic) bond motifs is 3. The first-order chi connectivity index (χ1) is 13.2. The third-order valence-electron chi connectivity index (χ3n) is 4.67. The highest BCUT2D eigenvalue weighted by Gasteiger charge is 2.31. The molecule has 10 nitrogen and oxygen atoms in total. The van der Waals surface area contributed by atoms with E-state index in [1.165, 1.54) is 9.58 Å². The fourth-order valence-corrected chi connectivity index (χ4v) is 3.23. The summed E-state index contributed by atoms with van der Waals surface area (Å²) in [7, 11) is 1.56. The van der Waals surface area contributed by atoms with E-state index in [-0.39, 0.29) is 36.9 Å². The first-order valence-electron chi connectivity index (χ1n) is 9.01. The lowest BCUT2D eigenvalue weighted by Crippen LogP contribution is -2.40. The molecular weight excluding hydrogens is 364 g/mol. The third kappa shape index (κ3) is 3.04. The van der Waals surface area contributed by atoms with E-state index in [0.717, 1.165) is 4.57 Å². The van der Waals surface area contributed by atoms with Crippen molar-refractivity contribution in [2.75, 3.05) is 18.2 Å². The summed E-state index contributed by atoms with van der Waals surface area (Å²) in [5, 5.41) is 5.83. The second kappa shape index (κ2) is 7.10. The highest BCUT2D eigenvalue weighted by molar-refractivity contribution is 5.92. The topological polar surface area (TPSA) is 104 Å². The summed E-state index contributed by atoms with van der Waals surface area (Å²) >= 11 is 0. The molecule has 2 aromatic heterocycles. The first kappa shape index (κ1) is 19.6. The molecule has 0 aromatic carbocycles. The van der Waals surface area contributed by atoms with E-state index in [2.05, 4.69) is 16.7 Å². The van der Waals surface area contributed by atoms with Gasteiger partial charge in [0.25, 0.3) is 5.56 Å². The lowest BCUT2D eigenvalue weighted by Gasteiger charge is -2.28. The van der Waals surface area contributed by atoms with E-state index in [4.69, 9.17) is 4.74 Å². The number of carbonyl (C=O) groups excluding carboxylic acids is 1. The van der Waals surface area contributed by atoms with Crippen molar-refractivity contribution >= 4 is 28.8 Å². The molecule has 2 aromatic rings. The number of hydrazone groups is 1. The van der Waals surface area contributed by atoms with Gasteiger partial charge in [-0.15, -0.1) is 0 Å². The maximum absolute atomic E-state index is 13.2. The van der Waals surface area contributed by atoms with Crippen LogP contribution in [0, 0.1) is 0 Å². The summed E-state index contributed by atoms with van der Waals surface area (Å²) < 4.78 is 9.19. The average molecular weight is 388 g/mol. The van der Waals surface area contributed by atoms with Gasteiger partial charge in [-0.05, 0) is 27.7 Å². The zero-order chi connectivity index (χ0) is 20.7. The largest absolute Gasteiger partial charge is 0.465 e. The van der Waals surface area contributed by atoms with Crippen molar-refractivity contribution in [3.05, 3.63) is 33.0 Å². The fourth-order valence-electron chi connectivity index (χ4n) is 3.23. The summed E-state index contributed by atoms with van der Waals surface area (Å²) in [5.41, 5.74) is 1.00. The van der Waals surface area contributed by atoms with Crippen LogP contribution in [0.3, 0.4) is 0 Å². The number of aryl methyl sites for hydroxylation is 1. The molecule has 1 aliphatic heterocycles. The van der Waals surface area contributed by atoms with Gasteiger partial charge in [0.15, 0.2) is 11.2 Å². The summed E-state index contributed by atoms with van der Waals surface area (Å²) in [6.07, 6.45) is 0. The minimum absolute atomic E-state index is 0.121. The lowest BCUT2D eigenvalue weighted by molar-refractivity contribution is -0.141. The number of allylic oxidation sites excluding steroid dienone is 1. The van der Waals surface area contributed by atoms with Gasteiger partial charge in [-0.3, -0.25) is 23.3 Å². The Hall–Kier alpha value is -3.17. The molecule has 0 amide bonds. The van der Waals surface area contributed by atoms with Crippen molar-refractivity contribution in [1.29, 1.82) is 0 Å². The predicted octanol–water partition coefficient (Wildman–Crippen LogP) is 0.793. The second-order valence-electron chi connectivity index (χ2n) is 6.92. The van der Waals surface area contributed by atoms with E-state index < -0.39 is 17.2 Å². The molecular formula is C18H24N6O4. The van der Waals surface area contributed by atoms with Gasteiger partial charge in [0, 0.05) is 7.05 Å². The zero-order valence-corrected chi connectivity index (χ0v) is 16.7. The van der Waals surface area contributed by atoms with E-state index in [1.807, 2.05) is 13.8 Å². The first-order valence-corrected chi connectivity index (χ1v) is 9.01. The van der Waals surface area contributed by atoms with Crippen LogP contribution < -0.4 is 16.3 Å². The maximum Gasteiger partial charge on any atom is 0.332 e. The minimum Gasteiger partial charge on any atom is -0.465 e. The Morgan fingerprint density at radius 3 is 2.57 bits per heavy atom. The van der Waals surface area contributed by atoms with Crippen LogP contribution in [0.2, 0.25) is 0 Å². The molecule has 0 radical (unpaired) electrons. The van der Waals surface area contributed by atoms with E-state index in [0.29, 0.717) is 17.2 Å².